The molecule has 4 heteroatoms. The lowest BCUT2D eigenvalue weighted by Gasteiger charge is -1.93. The van der Waals surface area contributed by atoms with Gasteiger partial charge < -0.3 is 5.73 Å². The van der Waals surface area contributed by atoms with Crippen LogP contribution in [0.1, 0.15) is 11.1 Å². The predicted molar refractivity (Wildman–Crippen MR) is 55.7 cm³/mol. The Bertz CT molecular complexity index is 533. The number of nitrogens with zero attached hydrogens (tertiary/aromatic N) is 2. The molecule has 0 unspecified atom stereocenters. The van der Waals surface area contributed by atoms with E-state index in [1.54, 1.807) is 12.1 Å². The summed E-state index contributed by atoms with van der Waals surface area (Å²) in [7, 11) is 0. The topological polar surface area (TPSA) is 73.6 Å². The Morgan fingerprint density at radius 2 is 1.71 bits per heavy atom. The highest BCUT2D eigenvalue weighted by atomic mass is 32.1. The first-order chi connectivity index (χ1) is 6.74. The Balaban J connectivity index is 2.84. The molecule has 0 aliphatic heterocycles. The second kappa shape index (κ2) is 3.02. The molecule has 0 bridgehead atoms. The maximum absolute atomic E-state index is 8.79. The third-order valence-corrected chi connectivity index (χ3v) is 2.84. The van der Waals surface area contributed by atoms with E-state index >= 15 is 0 Å². The molecule has 66 valence electrons. The molecule has 0 saturated carbocycles. The van der Waals surface area contributed by atoms with Gasteiger partial charge in [0.25, 0.3) is 0 Å². The highest BCUT2D eigenvalue weighted by molar-refractivity contribution is 7.22. The van der Waals surface area contributed by atoms with Crippen LogP contribution in [0.5, 0.6) is 0 Å². The van der Waals surface area contributed by atoms with E-state index in [0.29, 0.717) is 16.1 Å². The molecule has 2 N–H and O–H groups in total. The van der Waals surface area contributed by atoms with Gasteiger partial charge in [0.1, 0.15) is 12.1 Å². The van der Waals surface area contributed by atoms with Gasteiger partial charge >= 0.3 is 0 Å². The van der Waals surface area contributed by atoms with Gasteiger partial charge in [-0.25, -0.2) is 0 Å². The summed E-state index contributed by atoms with van der Waals surface area (Å²) < 4.78 is 0.943. The van der Waals surface area contributed by atoms with E-state index in [1.165, 1.54) is 11.3 Å². The van der Waals surface area contributed by atoms with Crippen LogP contribution in [-0.2, 0) is 0 Å². The van der Waals surface area contributed by atoms with Crippen molar-refractivity contribution in [3.63, 3.8) is 0 Å². The standard InChI is InChI=1S/C10H5N3S/c11-4-7-1-6-3-10(13)14-9(6)2-8(7)5-12/h1-3H,13H2. The number of thiophene rings is 1. The number of rotatable bonds is 0. The molecule has 3 nitrogen and oxygen atoms in total. The van der Waals surface area contributed by atoms with Crippen LogP contribution in [0.4, 0.5) is 5.00 Å². The fourth-order valence-electron chi connectivity index (χ4n) is 1.29. The first-order valence-corrected chi connectivity index (χ1v) is 4.69. The Labute approximate surface area is 84.6 Å². The maximum Gasteiger partial charge on any atom is 0.101 e. The summed E-state index contributed by atoms with van der Waals surface area (Å²) in [5.74, 6) is 0. The number of fused-ring (bicyclic) bond motifs is 1. The number of anilines is 1. The zero-order valence-electron chi connectivity index (χ0n) is 7.11. The zero-order valence-corrected chi connectivity index (χ0v) is 7.93. The van der Waals surface area contributed by atoms with Crippen LogP contribution in [0.15, 0.2) is 18.2 Å². The van der Waals surface area contributed by atoms with Gasteiger partial charge in [-0.3, -0.25) is 0 Å². The lowest BCUT2D eigenvalue weighted by Crippen LogP contribution is -1.81. The number of nitrogen functional groups attached to an aromatic ring is 1. The minimum absolute atomic E-state index is 0.401. The molecule has 1 aromatic heterocycles. The third-order valence-electron chi connectivity index (χ3n) is 1.92. The van der Waals surface area contributed by atoms with Crippen molar-refractivity contribution in [1.29, 1.82) is 10.5 Å². The van der Waals surface area contributed by atoms with Crippen molar-refractivity contribution in [2.75, 3.05) is 5.73 Å². The van der Waals surface area contributed by atoms with Crippen molar-refractivity contribution in [2.45, 2.75) is 0 Å². The van der Waals surface area contributed by atoms with Crippen molar-refractivity contribution in [1.82, 2.24) is 0 Å². The van der Waals surface area contributed by atoms with Crippen LogP contribution >= 0.6 is 11.3 Å². The van der Waals surface area contributed by atoms with E-state index in [4.69, 9.17) is 16.3 Å². The summed E-state index contributed by atoms with van der Waals surface area (Å²) in [6.45, 7) is 0. The number of benzene rings is 1. The van der Waals surface area contributed by atoms with Crippen LogP contribution in [0, 0.1) is 22.7 Å². The van der Waals surface area contributed by atoms with Crippen molar-refractivity contribution < 1.29 is 0 Å². The molecule has 0 fully saturated rings. The summed E-state index contributed by atoms with van der Waals surface area (Å²) >= 11 is 1.42. The molecule has 0 aliphatic rings. The highest BCUT2D eigenvalue weighted by Crippen LogP contribution is 2.29. The summed E-state index contributed by atoms with van der Waals surface area (Å²) in [5, 5.41) is 19.2. The average molecular weight is 199 g/mol. The van der Waals surface area contributed by atoms with E-state index in [9.17, 15) is 0 Å². The van der Waals surface area contributed by atoms with Gasteiger partial charge in [0.2, 0.25) is 0 Å². The second-order valence-electron chi connectivity index (χ2n) is 2.81. The maximum atomic E-state index is 8.79. The molecule has 1 aromatic carbocycles. The monoisotopic (exact) mass is 199 g/mol. The van der Waals surface area contributed by atoms with E-state index in [-0.39, 0.29) is 0 Å². The molecule has 0 aliphatic carbocycles. The minimum atomic E-state index is 0.401. The van der Waals surface area contributed by atoms with E-state index in [2.05, 4.69) is 0 Å². The molecule has 1 heterocycles. The molecule has 14 heavy (non-hydrogen) atoms. The molecule has 0 amide bonds. The van der Waals surface area contributed by atoms with Gasteiger partial charge in [0.05, 0.1) is 16.1 Å². The predicted octanol–water partition coefficient (Wildman–Crippen LogP) is 2.23. The fraction of sp³-hybridized carbons (Fsp3) is 0. The number of hydrogen-bond donors (Lipinski definition) is 1. The molecule has 0 saturated heterocycles. The third kappa shape index (κ3) is 1.19. The summed E-state index contributed by atoms with van der Waals surface area (Å²) in [6, 6.07) is 9.19. The SMILES string of the molecule is N#Cc1cc2cc(N)sc2cc1C#N. The summed E-state index contributed by atoms with van der Waals surface area (Å²) in [5.41, 5.74) is 6.43. The second-order valence-corrected chi connectivity index (χ2v) is 3.92. The van der Waals surface area contributed by atoms with Crippen LogP contribution in [0.2, 0.25) is 0 Å². The minimum Gasteiger partial charge on any atom is -0.391 e. The van der Waals surface area contributed by atoms with Gasteiger partial charge in [-0.1, -0.05) is 0 Å². The smallest absolute Gasteiger partial charge is 0.101 e. The molecule has 0 atom stereocenters. The average Bonchev–Trinajstić information content (AvgIpc) is 2.54. The van der Waals surface area contributed by atoms with Crippen LogP contribution in [-0.4, -0.2) is 0 Å². The number of nitriles is 2. The first kappa shape index (κ1) is 8.55. The molecular formula is C10H5N3S. The fourth-order valence-corrected chi connectivity index (χ4v) is 2.14. The largest absolute Gasteiger partial charge is 0.391 e. The Hall–Kier alpha value is -2.04. The van der Waals surface area contributed by atoms with E-state index in [1.807, 2.05) is 18.2 Å². The lowest BCUT2D eigenvalue weighted by atomic mass is 10.1. The Kier molecular flexibility index (Phi) is 1.85. The van der Waals surface area contributed by atoms with Crippen LogP contribution < -0.4 is 5.73 Å². The van der Waals surface area contributed by atoms with Crippen LogP contribution in [0.3, 0.4) is 0 Å². The number of nitrogens with two attached hydrogens (primary N) is 1. The molecule has 2 aromatic rings. The van der Waals surface area contributed by atoms with Crippen molar-refractivity contribution in [2.24, 2.45) is 0 Å². The number of hydrogen-bond acceptors (Lipinski definition) is 4. The van der Waals surface area contributed by atoms with Crippen LogP contribution in [0.25, 0.3) is 10.1 Å². The summed E-state index contributed by atoms with van der Waals surface area (Å²) in [4.78, 5) is 0. The van der Waals surface area contributed by atoms with Crippen molar-refractivity contribution in [3.05, 3.63) is 29.3 Å². The highest BCUT2D eigenvalue weighted by Gasteiger charge is 2.06. The van der Waals surface area contributed by atoms with Gasteiger partial charge in [-0.05, 0) is 23.6 Å². The lowest BCUT2D eigenvalue weighted by molar-refractivity contribution is 1.45. The normalized spacial score (nSPS) is 9.57. The molecule has 0 spiro atoms. The Morgan fingerprint density at radius 1 is 1.07 bits per heavy atom. The zero-order chi connectivity index (χ0) is 10.1. The van der Waals surface area contributed by atoms with Gasteiger partial charge in [-0.2, -0.15) is 10.5 Å². The van der Waals surface area contributed by atoms with E-state index < -0.39 is 0 Å². The van der Waals surface area contributed by atoms with Gasteiger partial charge in [-0.15, -0.1) is 11.3 Å². The van der Waals surface area contributed by atoms with Gasteiger partial charge in [0.15, 0.2) is 0 Å². The van der Waals surface area contributed by atoms with Crippen molar-refractivity contribution >= 4 is 26.4 Å². The Morgan fingerprint density at radius 3 is 2.36 bits per heavy atom. The molecular weight excluding hydrogens is 194 g/mol. The van der Waals surface area contributed by atoms with Gasteiger partial charge in [0, 0.05) is 4.70 Å². The molecule has 2 rings (SSSR count). The first-order valence-electron chi connectivity index (χ1n) is 3.88. The molecule has 0 radical (unpaired) electrons. The quantitative estimate of drug-likeness (QED) is 0.707. The van der Waals surface area contributed by atoms with E-state index in [0.717, 1.165) is 10.1 Å². The van der Waals surface area contributed by atoms with Crippen molar-refractivity contribution in [3.8, 4) is 12.1 Å². The summed E-state index contributed by atoms with van der Waals surface area (Å²) in [6.07, 6.45) is 0.